The van der Waals surface area contributed by atoms with Crippen LogP contribution in [0.3, 0.4) is 0 Å². The Morgan fingerprint density at radius 2 is 2.12 bits per heavy atom. The number of likely N-dealkylation sites (tertiary alicyclic amines) is 1. The number of benzene rings is 1. The summed E-state index contributed by atoms with van der Waals surface area (Å²) in [5, 5.41) is 9.35. The fourth-order valence-corrected chi connectivity index (χ4v) is 1.97. The molecule has 0 bridgehead atoms. The molecular weight excluding hydrogens is 202 g/mol. The summed E-state index contributed by atoms with van der Waals surface area (Å²) in [6.45, 7) is 4.13. The van der Waals surface area contributed by atoms with Crippen LogP contribution in [0.25, 0.3) is 0 Å². The van der Waals surface area contributed by atoms with Crippen LogP contribution in [0.5, 0.6) is 0 Å². The Morgan fingerprint density at radius 3 is 2.81 bits per heavy atom. The highest BCUT2D eigenvalue weighted by molar-refractivity contribution is 5.13. The average Bonchev–Trinajstić information content (AvgIpc) is 2.72. The summed E-state index contributed by atoms with van der Waals surface area (Å²) in [5.74, 6) is 0. The number of nitrogens with zero attached hydrogens (tertiary/aromatic N) is 1. The second kappa shape index (κ2) is 5.99. The van der Waals surface area contributed by atoms with E-state index >= 15 is 0 Å². The molecule has 0 aliphatic carbocycles. The van der Waals surface area contributed by atoms with Crippen LogP contribution in [-0.4, -0.2) is 42.4 Å². The van der Waals surface area contributed by atoms with Gasteiger partial charge < -0.3 is 9.84 Å². The zero-order valence-electron chi connectivity index (χ0n) is 9.51. The highest BCUT2D eigenvalue weighted by atomic mass is 16.5. The number of rotatable bonds is 5. The number of β-amino-alcohol motifs (C(OH)–C–C–N with tert-alkyl or cyclic N) is 1. The summed E-state index contributed by atoms with van der Waals surface area (Å²) in [5.41, 5.74) is 1.21. The highest BCUT2D eigenvalue weighted by Crippen LogP contribution is 2.08. The van der Waals surface area contributed by atoms with Gasteiger partial charge in [-0.2, -0.15) is 0 Å². The molecule has 0 unspecified atom stereocenters. The molecule has 1 heterocycles. The molecule has 16 heavy (non-hydrogen) atoms. The van der Waals surface area contributed by atoms with Crippen LogP contribution in [0, 0.1) is 0 Å². The van der Waals surface area contributed by atoms with Crippen molar-refractivity contribution in [3.63, 3.8) is 0 Å². The van der Waals surface area contributed by atoms with Gasteiger partial charge in [0.2, 0.25) is 0 Å². The van der Waals surface area contributed by atoms with Crippen LogP contribution in [-0.2, 0) is 11.3 Å². The van der Waals surface area contributed by atoms with Gasteiger partial charge in [-0.05, 0) is 12.0 Å². The molecule has 2 rings (SSSR count). The first-order chi connectivity index (χ1) is 7.84. The molecule has 88 valence electrons. The van der Waals surface area contributed by atoms with E-state index in [4.69, 9.17) is 4.74 Å². The van der Waals surface area contributed by atoms with Gasteiger partial charge in [-0.1, -0.05) is 30.3 Å². The SMILES string of the molecule is O[C@H]1CCN(CCOCc2ccccc2)C1. The summed E-state index contributed by atoms with van der Waals surface area (Å²) in [6, 6.07) is 10.2. The standard InChI is InChI=1S/C13H19NO2/c15-13-6-7-14(10-13)8-9-16-11-12-4-2-1-3-5-12/h1-5,13,15H,6-11H2/t13-/m0/s1. The molecule has 1 aliphatic rings. The molecule has 1 aromatic carbocycles. The van der Waals surface area contributed by atoms with Gasteiger partial charge in [-0.25, -0.2) is 0 Å². The van der Waals surface area contributed by atoms with Gasteiger partial charge in [0.1, 0.15) is 0 Å². The maximum atomic E-state index is 9.35. The third-order valence-electron chi connectivity index (χ3n) is 2.91. The minimum absolute atomic E-state index is 0.130. The van der Waals surface area contributed by atoms with Gasteiger partial charge in [0, 0.05) is 19.6 Å². The number of aliphatic hydroxyl groups excluding tert-OH is 1. The van der Waals surface area contributed by atoms with Crippen molar-refractivity contribution in [3.05, 3.63) is 35.9 Å². The van der Waals surface area contributed by atoms with Crippen molar-refractivity contribution in [2.45, 2.75) is 19.1 Å². The minimum Gasteiger partial charge on any atom is -0.392 e. The minimum atomic E-state index is -0.130. The van der Waals surface area contributed by atoms with Crippen LogP contribution in [0.2, 0.25) is 0 Å². The molecule has 1 aromatic rings. The third-order valence-corrected chi connectivity index (χ3v) is 2.91. The smallest absolute Gasteiger partial charge is 0.0717 e. The summed E-state index contributed by atoms with van der Waals surface area (Å²) in [7, 11) is 0. The zero-order valence-corrected chi connectivity index (χ0v) is 9.51. The van der Waals surface area contributed by atoms with Gasteiger partial charge >= 0.3 is 0 Å². The van der Waals surface area contributed by atoms with Crippen molar-refractivity contribution in [3.8, 4) is 0 Å². The Balaban J connectivity index is 1.59. The first-order valence-electron chi connectivity index (χ1n) is 5.86. The highest BCUT2D eigenvalue weighted by Gasteiger charge is 2.19. The van der Waals surface area contributed by atoms with E-state index in [9.17, 15) is 5.11 Å². The number of aliphatic hydroxyl groups is 1. The molecule has 0 saturated carbocycles. The predicted octanol–water partition coefficient (Wildman–Crippen LogP) is 1.27. The van der Waals surface area contributed by atoms with E-state index in [1.807, 2.05) is 18.2 Å². The van der Waals surface area contributed by atoms with Crippen molar-refractivity contribution in [2.24, 2.45) is 0 Å². The number of hydrogen-bond acceptors (Lipinski definition) is 3. The number of hydrogen-bond donors (Lipinski definition) is 1. The molecule has 1 atom stereocenters. The molecule has 1 aliphatic heterocycles. The van der Waals surface area contributed by atoms with E-state index in [2.05, 4.69) is 17.0 Å². The van der Waals surface area contributed by atoms with Crippen molar-refractivity contribution in [1.82, 2.24) is 4.90 Å². The molecule has 0 amide bonds. The molecule has 1 N–H and O–H groups in total. The second-order valence-electron chi connectivity index (χ2n) is 4.28. The van der Waals surface area contributed by atoms with E-state index in [0.29, 0.717) is 6.61 Å². The fraction of sp³-hybridized carbons (Fsp3) is 0.538. The Morgan fingerprint density at radius 1 is 1.31 bits per heavy atom. The van der Waals surface area contributed by atoms with E-state index in [0.717, 1.165) is 32.7 Å². The monoisotopic (exact) mass is 221 g/mol. The maximum Gasteiger partial charge on any atom is 0.0717 e. The molecule has 3 heteroatoms. The molecule has 1 fully saturated rings. The van der Waals surface area contributed by atoms with E-state index in [-0.39, 0.29) is 6.10 Å². The molecule has 0 spiro atoms. The lowest BCUT2D eigenvalue weighted by Gasteiger charge is -2.14. The van der Waals surface area contributed by atoms with Crippen molar-refractivity contribution in [1.29, 1.82) is 0 Å². The van der Waals surface area contributed by atoms with E-state index in [1.54, 1.807) is 0 Å². The number of ether oxygens (including phenoxy) is 1. The van der Waals surface area contributed by atoms with E-state index in [1.165, 1.54) is 5.56 Å². The van der Waals surface area contributed by atoms with E-state index < -0.39 is 0 Å². The largest absolute Gasteiger partial charge is 0.392 e. The van der Waals surface area contributed by atoms with Crippen LogP contribution >= 0.6 is 0 Å². The Kier molecular flexibility index (Phi) is 4.34. The quantitative estimate of drug-likeness (QED) is 0.760. The van der Waals surface area contributed by atoms with Gasteiger partial charge in [0.15, 0.2) is 0 Å². The summed E-state index contributed by atoms with van der Waals surface area (Å²) >= 11 is 0. The van der Waals surface area contributed by atoms with Crippen LogP contribution in [0.4, 0.5) is 0 Å². The Bertz CT molecular complexity index is 302. The molecule has 1 saturated heterocycles. The summed E-state index contributed by atoms with van der Waals surface area (Å²) in [6.07, 6.45) is 0.771. The first-order valence-corrected chi connectivity index (χ1v) is 5.86. The summed E-state index contributed by atoms with van der Waals surface area (Å²) in [4.78, 5) is 2.25. The molecule has 0 aromatic heterocycles. The molecule has 0 radical (unpaired) electrons. The van der Waals surface area contributed by atoms with Crippen molar-refractivity contribution in [2.75, 3.05) is 26.2 Å². The average molecular weight is 221 g/mol. The Labute approximate surface area is 96.6 Å². The van der Waals surface area contributed by atoms with Crippen LogP contribution in [0.15, 0.2) is 30.3 Å². The Hall–Kier alpha value is -0.900. The normalized spacial score (nSPS) is 21.4. The first kappa shape index (κ1) is 11.6. The lowest BCUT2D eigenvalue weighted by atomic mass is 10.2. The fourth-order valence-electron chi connectivity index (χ4n) is 1.97. The van der Waals surface area contributed by atoms with Gasteiger partial charge in [-0.3, -0.25) is 4.90 Å². The van der Waals surface area contributed by atoms with Gasteiger partial charge in [0.05, 0.1) is 19.3 Å². The zero-order chi connectivity index (χ0) is 11.2. The van der Waals surface area contributed by atoms with Crippen LogP contribution in [0.1, 0.15) is 12.0 Å². The van der Waals surface area contributed by atoms with Gasteiger partial charge in [0.25, 0.3) is 0 Å². The molecular formula is C13H19NO2. The second-order valence-corrected chi connectivity index (χ2v) is 4.28. The van der Waals surface area contributed by atoms with Crippen molar-refractivity contribution < 1.29 is 9.84 Å². The third kappa shape index (κ3) is 3.59. The maximum absolute atomic E-state index is 9.35. The molecule has 3 nitrogen and oxygen atoms in total. The lowest BCUT2D eigenvalue weighted by molar-refractivity contribution is 0.0938. The van der Waals surface area contributed by atoms with Crippen LogP contribution < -0.4 is 0 Å². The predicted molar refractivity (Wildman–Crippen MR) is 63.2 cm³/mol. The topological polar surface area (TPSA) is 32.7 Å². The van der Waals surface area contributed by atoms with Gasteiger partial charge in [-0.15, -0.1) is 0 Å². The lowest BCUT2D eigenvalue weighted by Crippen LogP contribution is -2.26. The van der Waals surface area contributed by atoms with Crippen molar-refractivity contribution >= 4 is 0 Å². The summed E-state index contributed by atoms with van der Waals surface area (Å²) < 4.78 is 5.59.